The summed E-state index contributed by atoms with van der Waals surface area (Å²) >= 11 is 0. The van der Waals surface area contributed by atoms with Crippen molar-refractivity contribution in [1.82, 2.24) is 10.2 Å². The van der Waals surface area contributed by atoms with Crippen molar-refractivity contribution in [1.29, 1.82) is 0 Å². The summed E-state index contributed by atoms with van der Waals surface area (Å²) in [5.74, 6) is 0. The Morgan fingerprint density at radius 2 is 2.00 bits per heavy atom. The van der Waals surface area contributed by atoms with Gasteiger partial charge in [0.05, 0.1) is 19.4 Å². The molecule has 0 aromatic rings. The predicted octanol–water partition coefficient (Wildman–Crippen LogP) is 1.05. The molecule has 1 rings (SSSR count). The molecule has 1 fully saturated rings. The van der Waals surface area contributed by atoms with Crippen LogP contribution in [0.2, 0.25) is 0 Å². The summed E-state index contributed by atoms with van der Waals surface area (Å²) in [6.07, 6.45) is 2.89. The van der Waals surface area contributed by atoms with Crippen molar-refractivity contribution in [3.63, 3.8) is 0 Å². The smallest absolute Gasteiger partial charge is 0.0839 e. The van der Waals surface area contributed by atoms with Crippen molar-refractivity contribution in [2.24, 2.45) is 0 Å². The third kappa shape index (κ3) is 3.63. The second-order valence-corrected chi connectivity index (χ2v) is 3.58. The van der Waals surface area contributed by atoms with Crippen molar-refractivity contribution < 1.29 is 4.74 Å². The fourth-order valence-electron chi connectivity index (χ4n) is 1.78. The van der Waals surface area contributed by atoms with Crippen molar-refractivity contribution in [2.45, 2.75) is 32.9 Å². The number of rotatable bonds is 5. The minimum Gasteiger partial charge on any atom is -0.377 e. The molecule has 0 amide bonds. The molecule has 3 nitrogen and oxygen atoms in total. The van der Waals surface area contributed by atoms with Gasteiger partial charge in [-0.05, 0) is 25.9 Å². The topological polar surface area (TPSA) is 24.5 Å². The van der Waals surface area contributed by atoms with E-state index in [0.717, 1.165) is 19.8 Å². The number of ether oxygens (including phenoxy) is 1. The lowest BCUT2D eigenvalue weighted by atomic mass is 10.3. The Bertz CT molecular complexity index is 118. The number of morpholine rings is 1. The van der Waals surface area contributed by atoms with Crippen molar-refractivity contribution in [3.8, 4) is 0 Å². The van der Waals surface area contributed by atoms with E-state index in [1.807, 2.05) is 0 Å². The Labute approximate surface area is 81.4 Å². The van der Waals surface area contributed by atoms with Gasteiger partial charge in [0.15, 0.2) is 0 Å². The molecule has 1 aliphatic rings. The zero-order valence-electron chi connectivity index (χ0n) is 8.88. The lowest BCUT2D eigenvalue weighted by molar-refractivity contribution is 0.00903. The fourth-order valence-corrected chi connectivity index (χ4v) is 1.78. The average Bonchev–Trinajstić information content (AvgIpc) is 2.19. The number of nitrogens with one attached hydrogen (secondary N) is 1. The van der Waals surface area contributed by atoms with E-state index in [1.54, 1.807) is 0 Å². The van der Waals surface area contributed by atoms with Crippen LogP contribution in [0.5, 0.6) is 0 Å². The van der Waals surface area contributed by atoms with E-state index in [-0.39, 0.29) is 0 Å². The van der Waals surface area contributed by atoms with E-state index < -0.39 is 0 Å². The first-order valence-corrected chi connectivity index (χ1v) is 5.43. The zero-order chi connectivity index (χ0) is 9.52. The highest BCUT2D eigenvalue weighted by Crippen LogP contribution is 2.03. The van der Waals surface area contributed by atoms with Gasteiger partial charge < -0.3 is 4.74 Å². The lowest BCUT2D eigenvalue weighted by Crippen LogP contribution is -2.53. The summed E-state index contributed by atoms with van der Waals surface area (Å²) in [4.78, 5) is 2.49. The van der Waals surface area contributed by atoms with Crippen LogP contribution in [0.3, 0.4) is 0 Å². The highest BCUT2D eigenvalue weighted by Gasteiger charge is 2.19. The molecule has 1 aliphatic heterocycles. The van der Waals surface area contributed by atoms with Crippen LogP contribution < -0.4 is 5.32 Å². The molecule has 3 heteroatoms. The molecule has 0 saturated carbocycles. The molecule has 1 heterocycles. The van der Waals surface area contributed by atoms with E-state index in [2.05, 4.69) is 24.1 Å². The predicted molar refractivity (Wildman–Crippen MR) is 54.8 cm³/mol. The summed E-state index contributed by atoms with van der Waals surface area (Å²) in [6.45, 7) is 9.51. The summed E-state index contributed by atoms with van der Waals surface area (Å²) in [5.41, 5.74) is 0. The Morgan fingerprint density at radius 1 is 1.31 bits per heavy atom. The first-order valence-electron chi connectivity index (χ1n) is 5.43. The molecule has 1 unspecified atom stereocenters. The molecule has 13 heavy (non-hydrogen) atoms. The molecular weight excluding hydrogens is 164 g/mol. The molecule has 0 radical (unpaired) electrons. The van der Waals surface area contributed by atoms with Crippen LogP contribution in [0, 0.1) is 0 Å². The molecule has 1 saturated heterocycles. The number of hydrogen-bond acceptors (Lipinski definition) is 3. The Balaban J connectivity index is 2.32. The maximum atomic E-state index is 5.45. The van der Waals surface area contributed by atoms with Crippen LogP contribution in [0.15, 0.2) is 0 Å². The van der Waals surface area contributed by atoms with Gasteiger partial charge in [0.1, 0.15) is 0 Å². The zero-order valence-corrected chi connectivity index (χ0v) is 8.88. The first kappa shape index (κ1) is 11.0. The summed E-state index contributed by atoms with van der Waals surface area (Å²) < 4.78 is 5.45. The molecule has 0 spiro atoms. The average molecular weight is 186 g/mol. The molecule has 0 aliphatic carbocycles. The molecule has 0 aromatic carbocycles. The molecule has 1 atom stereocenters. The monoisotopic (exact) mass is 186 g/mol. The van der Waals surface area contributed by atoms with Gasteiger partial charge in [-0.15, -0.1) is 0 Å². The Kier molecular flexibility index (Phi) is 5.35. The van der Waals surface area contributed by atoms with Gasteiger partial charge in [0.2, 0.25) is 0 Å². The van der Waals surface area contributed by atoms with E-state index in [4.69, 9.17) is 4.74 Å². The van der Waals surface area contributed by atoms with Gasteiger partial charge >= 0.3 is 0 Å². The van der Waals surface area contributed by atoms with Crippen molar-refractivity contribution in [2.75, 3.05) is 32.8 Å². The molecule has 0 bridgehead atoms. The number of hydrogen-bond donors (Lipinski definition) is 1. The number of nitrogens with zero attached hydrogens (tertiary/aromatic N) is 1. The van der Waals surface area contributed by atoms with E-state index in [0.29, 0.717) is 6.17 Å². The van der Waals surface area contributed by atoms with Gasteiger partial charge in [0, 0.05) is 6.54 Å². The van der Waals surface area contributed by atoms with Gasteiger partial charge in [-0.3, -0.25) is 10.2 Å². The third-order valence-electron chi connectivity index (χ3n) is 2.36. The van der Waals surface area contributed by atoms with Gasteiger partial charge in [-0.25, -0.2) is 0 Å². The maximum absolute atomic E-state index is 5.45. The quantitative estimate of drug-likeness (QED) is 0.694. The van der Waals surface area contributed by atoms with Gasteiger partial charge in [0.25, 0.3) is 0 Å². The summed E-state index contributed by atoms with van der Waals surface area (Å²) in [5, 5.41) is 3.49. The Hall–Kier alpha value is -0.120. The lowest BCUT2D eigenvalue weighted by Gasteiger charge is -2.34. The molecule has 78 valence electrons. The molecular formula is C10H22N2O. The van der Waals surface area contributed by atoms with Crippen molar-refractivity contribution in [3.05, 3.63) is 0 Å². The third-order valence-corrected chi connectivity index (χ3v) is 2.36. The second kappa shape index (κ2) is 6.35. The van der Waals surface area contributed by atoms with Crippen LogP contribution in [-0.4, -0.2) is 43.9 Å². The minimum absolute atomic E-state index is 0.452. The van der Waals surface area contributed by atoms with E-state index in [1.165, 1.54) is 25.9 Å². The highest BCUT2D eigenvalue weighted by molar-refractivity contribution is 4.71. The largest absolute Gasteiger partial charge is 0.377 e. The second-order valence-electron chi connectivity index (χ2n) is 3.58. The summed E-state index contributed by atoms with van der Waals surface area (Å²) in [7, 11) is 0. The van der Waals surface area contributed by atoms with E-state index in [9.17, 15) is 0 Å². The SMILES string of the molecule is CCCN(CCC)C1COCCN1. The molecule has 1 N–H and O–H groups in total. The first-order chi connectivity index (χ1) is 6.38. The normalized spacial score (nSPS) is 23.8. The maximum Gasteiger partial charge on any atom is 0.0839 e. The van der Waals surface area contributed by atoms with Crippen LogP contribution in [0.4, 0.5) is 0 Å². The highest BCUT2D eigenvalue weighted by atomic mass is 16.5. The van der Waals surface area contributed by atoms with Crippen LogP contribution in [0.25, 0.3) is 0 Å². The van der Waals surface area contributed by atoms with Crippen LogP contribution in [0.1, 0.15) is 26.7 Å². The van der Waals surface area contributed by atoms with Crippen LogP contribution >= 0.6 is 0 Å². The van der Waals surface area contributed by atoms with Crippen molar-refractivity contribution >= 4 is 0 Å². The van der Waals surface area contributed by atoms with Gasteiger partial charge in [-0.2, -0.15) is 0 Å². The van der Waals surface area contributed by atoms with Gasteiger partial charge in [-0.1, -0.05) is 13.8 Å². The molecule has 0 aromatic heterocycles. The fraction of sp³-hybridized carbons (Fsp3) is 1.00. The Morgan fingerprint density at radius 3 is 2.46 bits per heavy atom. The standard InChI is InChI=1S/C10H22N2O/c1-3-6-12(7-4-2)10-9-13-8-5-11-10/h10-11H,3-9H2,1-2H3. The summed E-state index contributed by atoms with van der Waals surface area (Å²) in [6, 6.07) is 0. The van der Waals surface area contributed by atoms with Crippen LogP contribution in [-0.2, 0) is 4.74 Å². The van der Waals surface area contributed by atoms with E-state index >= 15 is 0 Å². The minimum atomic E-state index is 0.452.